The number of ketones is 1. The van der Waals surface area contributed by atoms with Crippen molar-refractivity contribution in [1.29, 1.82) is 5.26 Å². The molecular weight excluding hydrogens is 508 g/mol. The Hall–Kier alpha value is -4.74. The number of pyridine rings is 1. The van der Waals surface area contributed by atoms with Gasteiger partial charge in [0, 0.05) is 24.4 Å². The summed E-state index contributed by atoms with van der Waals surface area (Å²) >= 11 is 1.65. The van der Waals surface area contributed by atoms with Gasteiger partial charge in [-0.3, -0.25) is 4.79 Å². The summed E-state index contributed by atoms with van der Waals surface area (Å²) in [6.45, 7) is -0.535. The van der Waals surface area contributed by atoms with Gasteiger partial charge in [0.25, 0.3) is 0 Å². The number of para-hydroxylation sites is 3. The lowest BCUT2D eigenvalue weighted by Gasteiger charge is -2.20. The highest BCUT2D eigenvalue weighted by molar-refractivity contribution is 7.10. The van der Waals surface area contributed by atoms with Gasteiger partial charge in [-0.25, -0.2) is 9.78 Å². The van der Waals surface area contributed by atoms with Gasteiger partial charge in [-0.1, -0.05) is 36.4 Å². The van der Waals surface area contributed by atoms with Crippen molar-refractivity contribution in [3.63, 3.8) is 0 Å². The number of nitrogens with zero attached hydrogens (tertiary/aromatic N) is 4. The summed E-state index contributed by atoms with van der Waals surface area (Å²) in [5.74, 6) is -0.687. The number of carbonyl (C=O) groups excluding carboxylic acids is 2. The number of benzene rings is 2. The molecule has 0 N–H and O–H groups in total. The van der Waals surface area contributed by atoms with Crippen LogP contribution in [0.2, 0.25) is 0 Å². The molecule has 2 aromatic heterocycles. The Kier molecular flexibility index (Phi) is 6.21. The third kappa shape index (κ3) is 4.17. The molecule has 39 heavy (non-hydrogen) atoms. The lowest BCUT2D eigenvalue weighted by Crippen LogP contribution is -2.28. The number of rotatable bonds is 5. The Morgan fingerprint density at radius 1 is 1.03 bits per heavy atom. The van der Waals surface area contributed by atoms with E-state index in [2.05, 4.69) is 12.1 Å². The summed E-state index contributed by atoms with van der Waals surface area (Å²) in [4.78, 5) is 36.4. The molecule has 192 valence electrons. The second-order valence-electron chi connectivity index (χ2n) is 9.43. The minimum atomic E-state index is -0.589. The number of allylic oxidation sites excluding steroid dienone is 1. The largest absolute Gasteiger partial charge is 0.454 e. The van der Waals surface area contributed by atoms with E-state index in [0.717, 1.165) is 39.5 Å². The molecule has 1 aliphatic heterocycles. The monoisotopic (exact) mass is 532 g/mol. The van der Waals surface area contributed by atoms with E-state index < -0.39 is 18.4 Å². The second kappa shape index (κ2) is 9.86. The number of nitriles is 1. The van der Waals surface area contributed by atoms with Gasteiger partial charge in [-0.05, 0) is 59.7 Å². The average molecular weight is 533 g/mol. The standard InChI is InChI=1S/C31H24N4O3S/c1-34-25-11-5-6-12-26(25)35(2)30(34)23(17-32)27(36)18-38-31(37)28-21-9-3-4-10-24(21)33-29-19(13-14-22(28)29)16-20-8-7-15-39-20/h3-12,15-16H,13-14,18H2,1-2H3. The topological polar surface area (TPSA) is 86.5 Å². The first-order chi connectivity index (χ1) is 19.0. The molecule has 0 amide bonds. The normalized spacial score (nSPS) is 14.9. The molecule has 1 aliphatic carbocycles. The Balaban J connectivity index is 1.31. The first-order valence-electron chi connectivity index (χ1n) is 12.5. The van der Waals surface area contributed by atoms with Crippen molar-refractivity contribution < 1.29 is 14.3 Å². The third-order valence-electron chi connectivity index (χ3n) is 7.19. The highest BCUT2D eigenvalue weighted by Gasteiger charge is 2.32. The molecule has 0 bridgehead atoms. The lowest BCUT2D eigenvalue weighted by atomic mass is 10.0. The van der Waals surface area contributed by atoms with E-state index in [1.165, 1.54) is 0 Å². The summed E-state index contributed by atoms with van der Waals surface area (Å²) in [6.07, 6.45) is 3.54. The summed E-state index contributed by atoms with van der Waals surface area (Å²) in [5, 5.41) is 12.6. The number of ether oxygens (including phenoxy) is 1. The van der Waals surface area contributed by atoms with Crippen LogP contribution in [0.25, 0.3) is 22.6 Å². The van der Waals surface area contributed by atoms with Crippen molar-refractivity contribution in [2.24, 2.45) is 0 Å². The van der Waals surface area contributed by atoms with E-state index in [0.29, 0.717) is 28.7 Å². The maximum Gasteiger partial charge on any atom is 0.339 e. The molecule has 0 saturated heterocycles. The van der Waals surface area contributed by atoms with E-state index in [1.54, 1.807) is 21.1 Å². The van der Waals surface area contributed by atoms with Crippen molar-refractivity contribution in [3.05, 3.63) is 99.1 Å². The summed E-state index contributed by atoms with van der Waals surface area (Å²) in [5.41, 5.74) is 5.55. The van der Waals surface area contributed by atoms with E-state index in [4.69, 9.17) is 9.72 Å². The van der Waals surface area contributed by atoms with Crippen LogP contribution in [0, 0.1) is 11.3 Å². The Morgan fingerprint density at radius 3 is 2.44 bits per heavy atom. The van der Waals surface area contributed by atoms with Crippen molar-refractivity contribution in [3.8, 4) is 6.07 Å². The van der Waals surface area contributed by atoms with Crippen LogP contribution < -0.4 is 9.80 Å². The maximum atomic E-state index is 13.5. The lowest BCUT2D eigenvalue weighted by molar-refractivity contribution is -0.118. The molecule has 7 nitrogen and oxygen atoms in total. The Labute approximate surface area is 229 Å². The maximum absolute atomic E-state index is 13.5. The van der Waals surface area contributed by atoms with Crippen molar-refractivity contribution in [2.75, 3.05) is 30.5 Å². The smallest absolute Gasteiger partial charge is 0.339 e. The summed E-state index contributed by atoms with van der Waals surface area (Å²) in [6, 6.07) is 21.2. The molecule has 2 aliphatic rings. The number of thiophene rings is 1. The van der Waals surface area contributed by atoms with Crippen LogP contribution in [-0.4, -0.2) is 37.4 Å². The number of fused-ring (bicyclic) bond motifs is 3. The van der Waals surface area contributed by atoms with Crippen LogP contribution in [0.4, 0.5) is 11.4 Å². The Morgan fingerprint density at radius 2 is 1.74 bits per heavy atom. The molecule has 6 rings (SSSR count). The molecule has 3 heterocycles. The fourth-order valence-electron chi connectivity index (χ4n) is 5.39. The van der Waals surface area contributed by atoms with Gasteiger partial charge in [0.2, 0.25) is 5.78 Å². The van der Waals surface area contributed by atoms with Gasteiger partial charge >= 0.3 is 5.97 Å². The zero-order valence-electron chi connectivity index (χ0n) is 21.5. The molecule has 0 unspecified atom stereocenters. The van der Waals surface area contributed by atoms with E-state index >= 15 is 0 Å². The molecule has 0 atom stereocenters. The number of hydrogen-bond donors (Lipinski definition) is 0. The number of carbonyl (C=O) groups is 2. The average Bonchev–Trinajstić information content (AvgIpc) is 3.67. The number of hydrogen-bond acceptors (Lipinski definition) is 8. The number of esters is 1. The zero-order chi connectivity index (χ0) is 27.1. The minimum absolute atomic E-state index is 0.0602. The first-order valence-corrected chi connectivity index (χ1v) is 13.4. The second-order valence-corrected chi connectivity index (χ2v) is 10.4. The fraction of sp³-hybridized carbons (Fsp3) is 0.161. The predicted octanol–water partition coefficient (Wildman–Crippen LogP) is 5.83. The van der Waals surface area contributed by atoms with Crippen LogP contribution in [0.5, 0.6) is 0 Å². The van der Waals surface area contributed by atoms with E-state index in [1.807, 2.05) is 80.1 Å². The molecule has 4 aromatic rings. The van der Waals surface area contributed by atoms with Crippen LogP contribution >= 0.6 is 11.3 Å². The van der Waals surface area contributed by atoms with Gasteiger partial charge in [0.15, 0.2) is 6.61 Å². The minimum Gasteiger partial charge on any atom is -0.454 e. The van der Waals surface area contributed by atoms with Crippen LogP contribution in [-0.2, 0) is 16.0 Å². The highest BCUT2D eigenvalue weighted by atomic mass is 32.1. The molecule has 0 radical (unpaired) electrons. The number of aromatic nitrogens is 1. The predicted molar refractivity (Wildman–Crippen MR) is 153 cm³/mol. The van der Waals surface area contributed by atoms with Crippen LogP contribution in [0.3, 0.4) is 0 Å². The quantitative estimate of drug-likeness (QED) is 0.182. The highest BCUT2D eigenvalue weighted by Crippen LogP contribution is 2.41. The van der Waals surface area contributed by atoms with Gasteiger partial charge < -0.3 is 14.5 Å². The van der Waals surface area contributed by atoms with E-state index in [-0.39, 0.29) is 5.57 Å². The van der Waals surface area contributed by atoms with Crippen molar-refractivity contribution >= 4 is 57.0 Å². The summed E-state index contributed by atoms with van der Waals surface area (Å²) in [7, 11) is 3.62. The van der Waals surface area contributed by atoms with Crippen molar-refractivity contribution in [1.82, 2.24) is 4.98 Å². The molecule has 0 fully saturated rings. The fourth-order valence-corrected chi connectivity index (χ4v) is 6.07. The molecule has 8 heteroatoms. The first kappa shape index (κ1) is 24.6. The van der Waals surface area contributed by atoms with Gasteiger partial charge in [0.1, 0.15) is 17.5 Å². The third-order valence-corrected chi connectivity index (χ3v) is 8.01. The zero-order valence-corrected chi connectivity index (χ0v) is 22.3. The van der Waals surface area contributed by atoms with Gasteiger partial charge in [-0.2, -0.15) is 5.26 Å². The SMILES string of the molecule is CN1C(=C(C#N)C(=O)COC(=O)c2c3c(nc4ccccc24)C(=Cc2cccs2)CC3)N(C)c2ccccc21. The molecule has 0 saturated carbocycles. The Bertz CT molecular complexity index is 1720. The van der Waals surface area contributed by atoms with Gasteiger partial charge in [-0.15, -0.1) is 11.3 Å². The van der Waals surface area contributed by atoms with Crippen LogP contribution in [0.15, 0.2) is 77.4 Å². The molecule has 0 spiro atoms. The van der Waals surface area contributed by atoms with Gasteiger partial charge in [0.05, 0.1) is 28.1 Å². The molecule has 2 aromatic carbocycles. The van der Waals surface area contributed by atoms with Crippen LogP contribution in [0.1, 0.15) is 32.9 Å². The van der Waals surface area contributed by atoms with E-state index in [9.17, 15) is 14.9 Å². The van der Waals surface area contributed by atoms with Crippen molar-refractivity contribution in [2.45, 2.75) is 12.8 Å². The number of anilines is 2. The number of Topliss-reactive ketones (excluding diaryl/α,β-unsaturated/α-hetero) is 1. The molecular formula is C31H24N4O3S. The summed E-state index contributed by atoms with van der Waals surface area (Å²) < 4.78 is 5.60.